The second kappa shape index (κ2) is 8.08. The number of piperidine rings is 1. The number of hydrogen-bond donors (Lipinski definition) is 1. The van der Waals surface area contributed by atoms with Crippen LogP contribution in [0.5, 0.6) is 0 Å². The lowest BCUT2D eigenvalue weighted by Gasteiger charge is -2.31. The minimum absolute atomic E-state index is 0.0687. The van der Waals surface area contributed by atoms with Crippen LogP contribution in [0, 0.1) is 0 Å². The third kappa shape index (κ3) is 4.97. The van der Waals surface area contributed by atoms with Crippen LogP contribution in [0.25, 0.3) is 11.4 Å². The van der Waals surface area contributed by atoms with E-state index in [0.29, 0.717) is 25.5 Å². The number of aromatic amines is 1. The lowest BCUT2D eigenvalue weighted by atomic mass is 10.1. The Balaban J connectivity index is 1.68. The van der Waals surface area contributed by atoms with Gasteiger partial charge in [-0.1, -0.05) is 37.6 Å². The maximum atomic E-state index is 13.2. The van der Waals surface area contributed by atoms with Crippen molar-refractivity contribution in [1.82, 2.24) is 14.9 Å². The summed E-state index contributed by atoms with van der Waals surface area (Å²) in [5, 5.41) is 0. The van der Waals surface area contributed by atoms with Gasteiger partial charge in [0.2, 0.25) is 0 Å². The molecule has 4 nitrogen and oxygen atoms in total. The molecule has 26 heavy (non-hydrogen) atoms. The zero-order valence-corrected chi connectivity index (χ0v) is 15.1. The molecule has 0 bridgehead atoms. The maximum Gasteiger partial charge on any atom is 0.251 e. The van der Waals surface area contributed by atoms with E-state index >= 15 is 0 Å². The van der Waals surface area contributed by atoms with Gasteiger partial charge in [-0.05, 0) is 18.4 Å². The second-order valence-electron chi connectivity index (χ2n) is 7.02. The molecule has 1 N–H and O–H groups in total. The molecule has 3 rings (SSSR count). The van der Waals surface area contributed by atoms with Crippen molar-refractivity contribution in [2.75, 3.05) is 13.1 Å². The van der Waals surface area contributed by atoms with Gasteiger partial charge in [-0.15, -0.1) is 0 Å². The summed E-state index contributed by atoms with van der Waals surface area (Å²) in [4.78, 5) is 21.3. The second-order valence-corrected chi connectivity index (χ2v) is 7.02. The van der Waals surface area contributed by atoms with Crippen LogP contribution in [0.1, 0.15) is 43.9 Å². The molecule has 1 aromatic heterocycles. The smallest absolute Gasteiger partial charge is 0.251 e. The highest BCUT2D eigenvalue weighted by Crippen LogP contribution is 2.28. The summed E-state index contributed by atoms with van der Waals surface area (Å²) >= 11 is 0. The summed E-state index contributed by atoms with van der Waals surface area (Å²) in [5.41, 5.74) is 2.60. The van der Waals surface area contributed by atoms with Crippen molar-refractivity contribution in [2.45, 2.75) is 51.5 Å². The Kier molecular flexibility index (Phi) is 5.81. The molecule has 1 fully saturated rings. The average Bonchev–Trinajstić information content (AvgIpc) is 2.62. The van der Waals surface area contributed by atoms with E-state index in [4.69, 9.17) is 0 Å². The van der Waals surface area contributed by atoms with Crippen molar-refractivity contribution < 1.29 is 8.78 Å². The Morgan fingerprint density at radius 1 is 1.19 bits per heavy atom. The van der Waals surface area contributed by atoms with E-state index in [-0.39, 0.29) is 18.4 Å². The van der Waals surface area contributed by atoms with Crippen molar-refractivity contribution in [3.8, 4) is 11.4 Å². The fourth-order valence-corrected chi connectivity index (χ4v) is 3.20. The molecule has 0 spiro atoms. The van der Waals surface area contributed by atoms with Crippen molar-refractivity contribution in [1.29, 1.82) is 0 Å². The number of nitrogens with one attached hydrogen (secondary N) is 1. The average molecular weight is 361 g/mol. The molecule has 2 aromatic rings. The van der Waals surface area contributed by atoms with Gasteiger partial charge in [0.1, 0.15) is 5.82 Å². The minimum atomic E-state index is -2.51. The van der Waals surface area contributed by atoms with E-state index in [1.807, 2.05) is 24.3 Å². The molecule has 1 aliphatic heterocycles. The summed E-state index contributed by atoms with van der Waals surface area (Å²) in [6.45, 7) is 3.61. The number of rotatable bonds is 6. The SMILES string of the molecule is CCCCc1cc(=O)[nH]c(-c2ccc(CN3CCC(F)(F)CC3)cc2)n1. The fraction of sp³-hybridized carbons (Fsp3) is 0.500. The molecular weight excluding hydrogens is 336 g/mol. The molecular formula is C20H25F2N3O. The number of halogens is 2. The quantitative estimate of drug-likeness (QED) is 0.846. The normalized spacial score (nSPS) is 17.3. The van der Waals surface area contributed by atoms with Gasteiger partial charge in [-0.2, -0.15) is 0 Å². The molecule has 0 radical (unpaired) electrons. The lowest BCUT2D eigenvalue weighted by molar-refractivity contribution is -0.0566. The molecule has 1 saturated heterocycles. The zero-order chi connectivity index (χ0) is 18.6. The van der Waals surface area contributed by atoms with Crippen LogP contribution < -0.4 is 5.56 Å². The Morgan fingerprint density at radius 2 is 1.88 bits per heavy atom. The van der Waals surface area contributed by atoms with Crippen LogP contribution in [-0.4, -0.2) is 33.9 Å². The molecule has 0 unspecified atom stereocenters. The lowest BCUT2D eigenvalue weighted by Crippen LogP contribution is -2.38. The summed E-state index contributed by atoms with van der Waals surface area (Å²) in [5.74, 6) is -1.94. The van der Waals surface area contributed by atoms with Crippen LogP contribution in [-0.2, 0) is 13.0 Å². The van der Waals surface area contributed by atoms with E-state index in [1.54, 1.807) is 6.07 Å². The van der Waals surface area contributed by atoms with E-state index < -0.39 is 5.92 Å². The third-order valence-electron chi connectivity index (χ3n) is 4.80. The number of nitrogens with zero attached hydrogens (tertiary/aromatic N) is 2. The van der Waals surface area contributed by atoms with Gasteiger partial charge in [-0.25, -0.2) is 13.8 Å². The zero-order valence-electron chi connectivity index (χ0n) is 15.1. The third-order valence-corrected chi connectivity index (χ3v) is 4.80. The number of aromatic nitrogens is 2. The van der Waals surface area contributed by atoms with E-state index in [9.17, 15) is 13.6 Å². The van der Waals surface area contributed by atoms with Crippen LogP contribution in [0.3, 0.4) is 0 Å². The van der Waals surface area contributed by atoms with Crippen molar-refractivity contribution in [3.05, 3.63) is 51.9 Å². The Bertz CT molecular complexity index is 776. The molecule has 6 heteroatoms. The van der Waals surface area contributed by atoms with Gasteiger partial charge in [0.15, 0.2) is 0 Å². The highest BCUT2D eigenvalue weighted by Gasteiger charge is 2.33. The van der Waals surface area contributed by atoms with Crippen LogP contribution >= 0.6 is 0 Å². The molecule has 140 valence electrons. The first kappa shape index (κ1) is 18.7. The first-order valence-electron chi connectivity index (χ1n) is 9.25. The first-order chi connectivity index (χ1) is 12.4. The largest absolute Gasteiger partial charge is 0.307 e. The van der Waals surface area contributed by atoms with Gasteiger partial charge >= 0.3 is 0 Å². The van der Waals surface area contributed by atoms with Gasteiger partial charge in [0.25, 0.3) is 11.5 Å². The Labute approximate surface area is 152 Å². The minimum Gasteiger partial charge on any atom is -0.307 e. The van der Waals surface area contributed by atoms with Crippen LogP contribution in [0.2, 0.25) is 0 Å². The van der Waals surface area contributed by atoms with Gasteiger partial charge in [0.05, 0.1) is 0 Å². The van der Waals surface area contributed by atoms with Gasteiger partial charge in [0, 0.05) is 49.8 Å². The van der Waals surface area contributed by atoms with Crippen LogP contribution in [0.15, 0.2) is 35.1 Å². The van der Waals surface area contributed by atoms with Gasteiger partial charge in [-0.3, -0.25) is 9.69 Å². The summed E-state index contributed by atoms with van der Waals surface area (Å²) < 4.78 is 26.5. The predicted molar refractivity (Wildman–Crippen MR) is 98.4 cm³/mol. The Morgan fingerprint density at radius 3 is 2.54 bits per heavy atom. The van der Waals surface area contributed by atoms with Crippen molar-refractivity contribution >= 4 is 0 Å². The number of aryl methyl sites for hydroxylation is 1. The topological polar surface area (TPSA) is 49.0 Å². The molecule has 0 saturated carbocycles. The molecule has 0 atom stereocenters. The summed E-state index contributed by atoms with van der Waals surface area (Å²) in [7, 11) is 0. The molecule has 1 aromatic carbocycles. The summed E-state index contributed by atoms with van der Waals surface area (Å²) in [6.07, 6.45) is 2.72. The summed E-state index contributed by atoms with van der Waals surface area (Å²) in [6, 6.07) is 9.35. The highest BCUT2D eigenvalue weighted by atomic mass is 19.3. The number of hydrogen-bond acceptors (Lipinski definition) is 3. The highest BCUT2D eigenvalue weighted by molar-refractivity contribution is 5.55. The number of H-pyrrole nitrogens is 1. The number of unbranched alkanes of at least 4 members (excludes halogenated alkanes) is 1. The van der Waals surface area contributed by atoms with E-state index in [1.165, 1.54) is 0 Å². The van der Waals surface area contributed by atoms with Crippen molar-refractivity contribution in [3.63, 3.8) is 0 Å². The molecule has 0 amide bonds. The molecule has 2 heterocycles. The maximum absolute atomic E-state index is 13.2. The molecule has 1 aliphatic rings. The van der Waals surface area contributed by atoms with Crippen molar-refractivity contribution in [2.24, 2.45) is 0 Å². The predicted octanol–water partition coefficient (Wildman–Crippen LogP) is 4.01. The van der Waals surface area contributed by atoms with Crippen LogP contribution in [0.4, 0.5) is 8.78 Å². The fourth-order valence-electron chi connectivity index (χ4n) is 3.20. The first-order valence-corrected chi connectivity index (χ1v) is 9.25. The van der Waals surface area contributed by atoms with E-state index in [2.05, 4.69) is 21.8 Å². The van der Waals surface area contributed by atoms with Gasteiger partial charge < -0.3 is 4.98 Å². The number of benzene rings is 1. The standard InChI is InChI=1S/C20H25F2N3O/c1-2-3-4-17-13-18(26)24-19(23-17)16-7-5-15(6-8-16)14-25-11-9-20(21,22)10-12-25/h5-8,13H,2-4,9-12,14H2,1H3,(H,23,24,26). The Hall–Kier alpha value is -2.08. The monoisotopic (exact) mass is 361 g/mol. The van der Waals surface area contributed by atoms with E-state index in [0.717, 1.165) is 36.1 Å². The molecule has 0 aliphatic carbocycles. The number of alkyl halides is 2. The number of likely N-dealkylation sites (tertiary alicyclic amines) is 1.